The van der Waals surface area contributed by atoms with Gasteiger partial charge in [0.25, 0.3) is 0 Å². The van der Waals surface area contributed by atoms with Crippen molar-refractivity contribution in [2.75, 3.05) is 26.0 Å². The number of carbonyl (C=O) groups is 1. The minimum absolute atomic E-state index is 0.0202. The van der Waals surface area contributed by atoms with Gasteiger partial charge in [-0.1, -0.05) is 6.07 Å². The maximum absolute atomic E-state index is 12.3. The Morgan fingerprint density at radius 3 is 2.81 bits per heavy atom. The molecule has 0 saturated carbocycles. The molecule has 2 heterocycles. The summed E-state index contributed by atoms with van der Waals surface area (Å²) in [5, 5.41) is 12.3. The minimum atomic E-state index is -0.408. The van der Waals surface area contributed by atoms with Gasteiger partial charge in [-0.2, -0.15) is 10.2 Å². The maximum Gasteiger partial charge on any atom is 0.224 e. The molecule has 0 atom stereocenters. The average molecular weight is 351 g/mol. The zero-order valence-corrected chi connectivity index (χ0v) is 15.4. The molecule has 0 bridgehead atoms. The molecular weight excluding hydrogens is 326 g/mol. The van der Waals surface area contributed by atoms with Crippen LogP contribution in [0.3, 0.4) is 0 Å². The third-order valence-electron chi connectivity index (χ3n) is 4.65. The summed E-state index contributed by atoms with van der Waals surface area (Å²) < 4.78 is 2.21. The maximum atomic E-state index is 12.3. The van der Waals surface area contributed by atoms with Gasteiger partial charge in [0, 0.05) is 50.7 Å². The van der Waals surface area contributed by atoms with Crippen molar-refractivity contribution in [3.63, 3.8) is 0 Å². The highest BCUT2D eigenvalue weighted by atomic mass is 16.1. The molecule has 1 aromatic heterocycles. The van der Waals surface area contributed by atoms with Crippen molar-refractivity contribution < 1.29 is 4.79 Å². The summed E-state index contributed by atoms with van der Waals surface area (Å²) in [5.74, 6) is 2.58. The molecule has 3 rings (SSSR count). The minimum Gasteiger partial charge on any atom is -0.346 e. The van der Waals surface area contributed by atoms with Crippen molar-refractivity contribution in [2.45, 2.75) is 37.9 Å². The lowest BCUT2D eigenvalue weighted by Gasteiger charge is -2.12. The zero-order valence-electron chi connectivity index (χ0n) is 15.4. The summed E-state index contributed by atoms with van der Waals surface area (Å²) >= 11 is 0. The molecule has 1 aliphatic heterocycles. The number of nitrogens with zero attached hydrogens (tertiary/aromatic N) is 4. The van der Waals surface area contributed by atoms with E-state index in [1.165, 1.54) is 5.39 Å². The lowest BCUT2D eigenvalue weighted by Crippen LogP contribution is -2.18. The van der Waals surface area contributed by atoms with Crippen molar-refractivity contribution in [3.8, 4) is 12.3 Å². The first-order chi connectivity index (χ1) is 12.5. The number of aromatic nitrogens is 1. The van der Waals surface area contributed by atoms with Gasteiger partial charge >= 0.3 is 0 Å². The fourth-order valence-corrected chi connectivity index (χ4v) is 2.97. The van der Waals surface area contributed by atoms with E-state index in [0.29, 0.717) is 19.3 Å². The molecule has 0 saturated heterocycles. The highest BCUT2D eigenvalue weighted by molar-refractivity contribution is 5.93. The van der Waals surface area contributed by atoms with Crippen LogP contribution in [0.25, 0.3) is 10.9 Å². The third kappa shape index (κ3) is 4.50. The van der Waals surface area contributed by atoms with Gasteiger partial charge in [0.05, 0.1) is 5.52 Å². The van der Waals surface area contributed by atoms with Gasteiger partial charge < -0.3 is 14.8 Å². The monoisotopic (exact) mass is 351 g/mol. The Kier molecular flexibility index (Phi) is 5.38. The summed E-state index contributed by atoms with van der Waals surface area (Å²) in [6.07, 6.45) is 9.74. The molecule has 1 aromatic carbocycles. The molecule has 1 aliphatic rings. The van der Waals surface area contributed by atoms with Gasteiger partial charge in [0.15, 0.2) is 5.66 Å². The van der Waals surface area contributed by atoms with Crippen molar-refractivity contribution in [3.05, 3.63) is 30.5 Å². The molecule has 0 aliphatic carbocycles. The van der Waals surface area contributed by atoms with Crippen LogP contribution in [0.5, 0.6) is 0 Å². The van der Waals surface area contributed by atoms with E-state index in [-0.39, 0.29) is 5.91 Å². The lowest BCUT2D eigenvalue weighted by molar-refractivity contribution is -0.116. The van der Waals surface area contributed by atoms with Gasteiger partial charge in [-0.05, 0) is 37.7 Å². The SMILES string of the molecule is C#CCCC1(CCC(=O)Nc2ccc3ccn(CCN(C)C)c3c2)N=N1. The van der Waals surface area contributed by atoms with E-state index < -0.39 is 5.66 Å². The second-order valence-electron chi connectivity index (χ2n) is 7.02. The van der Waals surface area contributed by atoms with Crippen molar-refractivity contribution in [1.29, 1.82) is 0 Å². The summed E-state index contributed by atoms with van der Waals surface area (Å²) in [7, 11) is 4.12. The summed E-state index contributed by atoms with van der Waals surface area (Å²) in [6.45, 7) is 1.88. The van der Waals surface area contributed by atoms with Crippen LogP contribution < -0.4 is 5.32 Å². The first kappa shape index (κ1) is 18.2. The Morgan fingerprint density at radius 1 is 1.31 bits per heavy atom. The van der Waals surface area contributed by atoms with Crippen LogP contribution in [0.1, 0.15) is 25.7 Å². The highest BCUT2D eigenvalue weighted by Gasteiger charge is 2.39. The van der Waals surface area contributed by atoms with Crippen LogP contribution in [0.15, 0.2) is 40.7 Å². The number of fused-ring (bicyclic) bond motifs is 1. The van der Waals surface area contributed by atoms with Crippen LogP contribution in [0.2, 0.25) is 0 Å². The molecular formula is C20H25N5O. The quantitative estimate of drug-likeness (QED) is 0.703. The number of hydrogen-bond donors (Lipinski definition) is 1. The molecule has 0 fully saturated rings. The molecule has 6 heteroatoms. The molecule has 26 heavy (non-hydrogen) atoms. The number of terminal acetylenes is 1. The van der Waals surface area contributed by atoms with Crippen LogP contribution in [-0.4, -0.2) is 41.7 Å². The molecule has 0 radical (unpaired) electrons. The predicted molar refractivity (Wildman–Crippen MR) is 104 cm³/mol. The van der Waals surface area contributed by atoms with Crippen molar-refractivity contribution in [2.24, 2.45) is 10.2 Å². The van der Waals surface area contributed by atoms with Gasteiger partial charge in [-0.3, -0.25) is 4.79 Å². The first-order valence-corrected chi connectivity index (χ1v) is 8.92. The molecule has 0 spiro atoms. The number of rotatable bonds is 9. The average Bonchev–Trinajstić information content (AvgIpc) is 3.28. The van der Waals surface area contributed by atoms with E-state index in [1.54, 1.807) is 0 Å². The highest BCUT2D eigenvalue weighted by Crippen LogP contribution is 2.37. The fourth-order valence-electron chi connectivity index (χ4n) is 2.97. The van der Waals surface area contributed by atoms with E-state index in [9.17, 15) is 4.79 Å². The smallest absolute Gasteiger partial charge is 0.224 e. The van der Waals surface area contributed by atoms with E-state index in [1.807, 2.05) is 18.2 Å². The predicted octanol–water partition coefficient (Wildman–Crippen LogP) is 3.50. The van der Waals surface area contributed by atoms with Crippen LogP contribution in [0, 0.1) is 12.3 Å². The number of anilines is 1. The Hall–Kier alpha value is -2.65. The zero-order chi connectivity index (χ0) is 18.6. The number of amides is 1. The standard InChI is InChI=1S/C20H25N5O/c1-4-5-10-20(22-23-20)11-8-19(26)21-17-7-6-16-9-12-25(18(16)15-17)14-13-24(2)3/h1,6-7,9,12,15H,5,8,10-11,13-14H2,2-3H3,(H,21,26). The summed E-state index contributed by atoms with van der Waals surface area (Å²) in [6, 6.07) is 8.11. The molecule has 1 amide bonds. The number of nitrogens with one attached hydrogen (secondary N) is 1. The number of likely N-dealkylation sites (N-methyl/N-ethyl adjacent to an activating group) is 1. The molecule has 136 valence electrons. The third-order valence-corrected chi connectivity index (χ3v) is 4.65. The number of benzene rings is 1. The molecule has 6 nitrogen and oxygen atoms in total. The van der Waals surface area contributed by atoms with E-state index in [2.05, 4.69) is 57.3 Å². The van der Waals surface area contributed by atoms with Crippen LogP contribution in [-0.2, 0) is 11.3 Å². The van der Waals surface area contributed by atoms with E-state index in [0.717, 1.165) is 30.7 Å². The molecule has 1 N–H and O–H groups in total. The number of carbonyl (C=O) groups excluding carboxylic acids is 1. The fraction of sp³-hybridized carbons (Fsp3) is 0.450. The molecule has 2 aromatic rings. The second-order valence-corrected chi connectivity index (χ2v) is 7.02. The second kappa shape index (κ2) is 7.71. The van der Waals surface area contributed by atoms with E-state index >= 15 is 0 Å². The normalized spacial score (nSPS) is 14.5. The van der Waals surface area contributed by atoms with E-state index in [4.69, 9.17) is 6.42 Å². The largest absolute Gasteiger partial charge is 0.346 e. The van der Waals surface area contributed by atoms with Crippen molar-refractivity contribution >= 4 is 22.5 Å². The lowest BCUT2D eigenvalue weighted by atomic mass is 10.0. The van der Waals surface area contributed by atoms with Gasteiger partial charge in [-0.25, -0.2) is 0 Å². The summed E-state index contributed by atoms with van der Waals surface area (Å²) in [4.78, 5) is 14.4. The van der Waals surface area contributed by atoms with Crippen LogP contribution >= 0.6 is 0 Å². The Bertz CT molecular complexity index is 853. The number of hydrogen-bond acceptors (Lipinski definition) is 4. The topological polar surface area (TPSA) is 62.0 Å². The Balaban J connectivity index is 1.59. The Morgan fingerprint density at radius 2 is 2.12 bits per heavy atom. The first-order valence-electron chi connectivity index (χ1n) is 8.92. The summed E-state index contributed by atoms with van der Waals surface area (Å²) in [5.41, 5.74) is 1.53. The van der Waals surface area contributed by atoms with Crippen molar-refractivity contribution in [1.82, 2.24) is 9.47 Å². The van der Waals surface area contributed by atoms with Gasteiger partial charge in [0.1, 0.15) is 0 Å². The van der Waals surface area contributed by atoms with Crippen LogP contribution in [0.4, 0.5) is 5.69 Å². The Labute approximate surface area is 154 Å². The van der Waals surface area contributed by atoms with Gasteiger partial charge in [0.2, 0.25) is 5.91 Å². The molecule has 0 unspecified atom stereocenters. The van der Waals surface area contributed by atoms with Gasteiger partial charge in [-0.15, -0.1) is 12.3 Å².